The Labute approximate surface area is 95.7 Å². The normalized spacial score (nSPS) is 11.8. The molecule has 0 unspecified atom stereocenters. The van der Waals surface area contributed by atoms with E-state index in [2.05, 4.69) is 5.10 Å². The second kappa shape index (κ2) is 3.80. The Morgan fingerprint density at radius 1 is 1.18 bits per heavy atom. The van der Waals surface area contributed by atoms with E-state index in [-0.39, 0.29) is 5.69 Å². The number of hydrogen-bond acceptors (Lipinski definition) is 1. The monoisotopic (exact) mass is 242 g/mol. The molecule has 6 heteroatoms. The fourth-order valence-corrected chi connectivity index (χ4v) is 1.74. The van der Waals surface area contributed by atoms with Crippen LogP contribution in [0.5, 0.6) is 0 Å². The third kappa shape index (κ3) is 1.98. The lowest BCUT2D eigenvalue weighted by Crippen LogP contribution is -2.33. The summed E-state index contributed by atoms with van der Waals surface area (Å²) in [6.07, 6.45) is -4.48. The van der Waals surface area contributed by atoms with E-state index in [9.17, 15) is 13.2 Å². The number of nitrogens with zero attached hydrogens (tertiary/aromatic N) is 1. The lowest BCUT2D eigenvalue weighted by molar-refractivity contribution is -0.717. The molecule has 2 rings (SSSR count). The van der Waals surface area contributed by atoms with Crippen LogP contribution in [0.25, 0.3) is 11.3 Å². The zero-order valence-corrected chi connectivity index (χ0v) is 9.05. The molecule has 1 aromatic heterocycles. The third-order valence-electron chi connectivity index (χ3n) is 2.47. The van der Waals surface area contributed by atoms with Crippen LogP contribution >= 0.6 is 0 Å². The predicted molar refractivity (Wildman–Crippen MR) is 56.8 cm³/mol. The van der Waals surface area contributed by atoms with Gasteiger partial charge in [-0.2, -0.15) is 18.3 Å². The molecule has 3 nitrogen and oxygen atoms in total. The van der Waals surface area contributed by atoms with Gasteiger partial charge in [0.15, 0.2) is 7.05 Å². The summed E-state index contributed by atoms with van der Waals surface area (Å²) in [6.45, 7) is 0. The van der Waals surface area contributed by atoms with Gasteiger partial charge in [-0.15, -0.1) is 4.68 Å². The number of alkyl halides is 3. The summed E-state index contributed by atoms with van der Waals surface area (Å²) in [5.74, 6) is 0. The number of H-pyrrole nitrogens is 1. The van der Waals surface area contributed by atoms with E-state index >= 15 is 0 Å². The molecule has 0 bridgehead atoms. The largest absolute Gasteiger partial charge is 0.438 e. The molecular weight excluding hydrogens is 231 g/mol. The molecule has 2 aromatic rings. The second-order valence-corrected chi connectivity index (χ2v) is 3.67. The van der Waals surface area contributed by atoms with Gasteiger partial charge in [0, 0.05) is 0 Å². The first kappa shape index (κ1) is 11.5. The predicted octanol–water partition coefficient (Wildman–Crippen LogP) is 2.11. The van der Waals surface area contributed by atoms with Crippen molar-refractivity contribution in [2.75, 3.05) is 5.73 Å². The first-order chi connectivity index (χ1) is 7.91. The van der Waals surface area contributed by atoms with Gasteiger partial charge in [0.1, 0.15) is 5.69 Å². The summed E-state index contributed by atoms with van der Waals surface area (Å²) in [4.78, 5) is 0. The highest BCUT2D eigenvalue weighted by molar-refractivity contribution is 5.71. The molecule has 0 radical (unpaired) electrons. The van der Waals surface area contributed by atoms with Gasteiger partial charge >= 0.3 is 6.18 Å². The van der Waals surface area contributed by atoms with Crippen molar-refractivity contribution in [1.29, 1.82) is 0 Å². The van der Waals surface area contributed by atoms with E-state index in [1.807, 2.05) is 0 Å². The van der Waals surface area contributed by atoms with Crippen molar-refractivity contribution in [3.63, 3.8) is 0 Å². The maximum absolute atomic E-state index is 12.6. The number of aromatic amines is 1. The van der Waals surface area contributed by atoms with Crippen LogP contribution in [-0.2, 0) is 13.2 Å². The van der Waals surface area contributed by atoms with Crippen LogP contribution in [0.1, 0.15) is 5.69 Å². The molecular formula is C11H11F3N3+. The van der Waals surface area contributed by atoms with E-state index in [0.29, 0.717) is 11.3 Å². The molecule has 3 N–H and O–H groups in total. The van der Waals surface area contributed by atoms with Gasteiger partial charge in [0.2, 0.25) is 5.69 Å². The van der Waals surface area contributed by atoms with Crippen LogP contribution < -0.4 is 10.4 Å². The van der Waals surface area contributed by atoms with Crippen LogP contribution in [0.15, 0.2) is 30.3 Å². The van der Waals surface area contributed by atoms with Crippen molar-refractivity contribution in [3.05, 3.63) is 36.0 Å². The molecule has 0 amide bonds. The summed E-state index contributed by atoms with van der Waals surface area (Å²) in [5.41, 5.74) is 5.32. The van der Waals surface area contributed by atoms with E-state index in [1.165, 1.54) is 11.7 Å². The first-order valence-corrected chi connectivity index (χ1v) is 4.91. The van der Waals surface area contributed by atoms with Gasteiger partial charge in [-0.3, -0.25) is 0 Å². The molecule has 0 saturated carbocycles. The lowest BCUT2D eigenvalue weighted by Gasteiger charge is -2.01. The van der Waals surface area contributed by atoms with Crippen molar-refractivity contribution in [1.82, 2.24) is 5.10 Å². The Kier molecular flexibility index (Phi) is 2.57. The summed E-state index contributed by atoms with van der Waals surface area (Å²) < 4.78 is 39.2. The number of nitrogens with two attached hydrogens (primary N) is 1. The SMILES string of the molecule is C[n+]1[nH]c(C(F)(F)F)c(N)c1-c1ccccc1. The lowest BCUT2D eigenvalue weighted by atomic mass is 10.1. The molecule has 0 aliphatic heterocycles. The van der Waals surface area contributed by atoms with Crippen LogP contribution in [-0.4, -0.2) is 5.10 Å². The Hall–Kier alpha value is -1.98. The molecule has 0 aliphatic rings. The highest BCUT2D eigenvalue weighted by Gasteiger charge is 2.40. The van der Waals surface area contributed by atoms with Gasteiger partial charge in [-0.05, 0) is 12.1 Å². The van der Waals surface area contributed by atoms with Gasteiger partial charge in [0.25, 0.3) is 5.69 Å². The summed E-state index contributed by atoms with van der Waals surface area (Å²) in [6, 6.07) is 8.69. The molecule has 0 atom stereocenters. The minimum atomic E-state index is -4.48. The fraction of sp³-hybridized carbons (Fsp3) is 0.182. The highest BCUT2D eigenvalue weighted by Crippen LogP contribution is 2.35. The molecule has 1 aromatic carbocycles. The number of rotatable bonds is 1. The van der Waals surface area contributed by atoms with Gasteiger partial charge in [0.05, 0.1) is 5.56 Å². The number of anilines is 1. The average Bonchev–Trinajstić information content (AvgIpc) is 2.55. The summed E-state index contributed by atoms with van der Waals surface area (Å²) in [5, 5.41) is 2.22. The third-order valence-corrected chi connectivity index (χ3v) is 2.47. The standard InChI is InChI=1S/C11H10F3N3/c1-17-9(7-5-3-2-4-6-7)8(15)10(16-17)11(12,13)14/h2-6H,15H2,1H3/p+1. The van der Waals surface area contributed by atoms with Gasteiger partial charge in [-0.1, -0.05) is 18.2 Å². The Bertz CT molecular complexity index is 529. The van der Waals surface area contributed by atoms with Crippen molar-refractivity contribution >= 4 is 5.69 Å². The zero-order chi connectivity index (χ0) is 12.6. The average molecular weight is 242 g/mol. The fourth-order valence-electron chi connectivity index (χ4n) is 1.74. The van der Waals surface area contributed by atoms with E-state index in [0.717, 1.165) is 0 Å². The summed E-state index contributed by atoms with van der Waals surface area (Å²) >= 11 is 0. The van der Waals surface area contributed by atoms with Crippen LogP contribution in [0.3, 0.4) is 0 Å². The number of nitrogen functional groups attached to an aromatic ring is 1. The second-order valence-electron chi connectivity index (χ2n) is 3.67. The number of hydrogen-bond donors (Lipinski definition) is 2. The smallest absolute Gasteiger partial charge is 0.391 e. The number of aryl methyl sites for hydroxylation is 1. The van der Waals surface area contributed by atoms with Crippen LogP contribution in [0.2, 0.25) is 0 Å². The Morgan fingerprint density at radius 3 is 2.24 bits per heavy atom. The zero-order valence-electron chi connectivity index (χ0n) is 9.05. The molecule has 0 spiro atoms. The maximum atomic E-state index is 12.6. The Morgan fingerprint density at radius 2 is 1.76 bits per heavy atom. The van der Waals surface area contributed by atoms with Crippen molar-refractivity contribution in [3.8, 4) is 11.3 Å². The quantitative estimate of drug-likeness (QED) is 0.739. The number of aromatic nitrogens is 2. The minimum absolute atomic E-state index is 0.286. The first-order valence-electron chi connectivity index (χ1n) is 4.91. The van der Waals surface area contributed by atoms with Crippen LogP contribution in [0, 0.1) is 0 Å². The van der Waals surface area contributed by atoms with E-state index in [4.69, 9.17) is 5.73 Å². The topological polar surface area (TPSA) is 45.7 Å². The maximum Gasteiger partial charge on any atom is 0.438 e. The van der Waals surface area contributed by atoms with E-state index in [1.54, 1.807) is 30.3 Å². The van der Waals surface area contributed by atoms with E-state index < -0.39 is 11.9 Å². The summed E-state index contributed by atoms with van der Waals surface area (Å²) in [7, 11) is 1.49. The molecule has 0 saturated heterocycles. The molecule has 90 valence electrons. The highest BCUT2D eigenvalue weighted by atomic mass is 19.4. The Balaban J connectivity index is 2.61. The van der Waals surface area contributed by atoms with Crippen molar-refractivity contribution in [2.45, 2.75) is 6.18 Å². The van der Waals surface area contributed by atoms with Crippen molar-refractivity contribution < 1.29 is 17.9 Å². The van der Waals surface area contributed by atoms with Crippen molar-refractivity contribution in [2.24, 2.45) is 7.05 Å². The van der Waals surface area contributed by atoms with Crippen LogP contribution in [0.4, 0.5) is 18.9 Å². The number of halogens is 3. The molecule has 0 aliphatic carbocycles. The van der Waals surface area contributed by atoms with Gasteiger partial charge in [-0.25, -0.2) is 0 Å². The molecule has 0 fully saturated rings. The minimum Gasteiger partial charge on any atom is -0.391 e. The number of nitrogens with one attached hydrogen (secondary N) is 1. The molecule has 1 heterocycles. The molecule has 17 heavy (non-hydrogen) atoms. The van der Waals surface area contributed by atoms with Gasteiger partial charge < -0.3 is 5.73 Å². The number of benzene rings is 1.